The number of nitrogens with zero attached hydrogens (tertiary/aromatic N) is 2. The van der Waals surface area contributed by atoms with Crippen LogP contribution in [0.4, 0.5) is 0 Å². The molecule has 0 aromatic heterocycles. The Morgan fingerprint density at radius 2 is 1.71 bits per heavy atom. The summed E-state index contributed by atoms with van der Waals surface area (Å²) in [6.07, 6.45) is 1.38. The van der Waals surface area contributed by atoms with Gasteiger partial charge in [-0.2, -0.15) is 0 Å². The molecule has 0 aromatic carbocycles. The summed E-state index contributed by atoms with van der Waals surface area (Å²) in [5.74, 6) is 0.907. The van der Waals surface area contributed by atoms with Gasteiger partial charge >= 0.3 is 0 Å². The van der Waals surface area contributed by atoms with Crippen molar-refractivity contribution in [3.63, 3.8) is 0 Å². The summed E-state index contributed by atoms with van der Waals surface area (Å²) in [5, 5.41) is 3.46. The molecule has 2 rings (SSSR count). The predicted molar refractivity (Wildman–Crippen MR) is 73.3 cm³/mol. The number of piperazine rings is 1. The van der Waals surface area contributed by atoms with E-state index < -0.39 is 0 Å². The summed E-state index contributed by atoms with van der Waals surface area (Å²) in [4.78, 5) is 5.29. The van der Waals surface area contributed by atoms with Gasteiger partial charge in [0.05, 0.1) is 0 Å². The van der Waals surface area contributed by atoms with Crippen LogP contribution in [0.15, 0.2) is 0 Å². The lowest BCUT2D eigenvalue weighted by Crippen LogP contribution is -2.49. The second kappa shape index (κ2) is 5.68. The Kier molecular flexibility index (Phi) is 4.45. The molecule has 1 atom stereocenters. The first-order valence-corrected chi connectivity index (χ1v) is 7.18. The van der Waals surface area contributed by atoms with Crippen LogP contribution < -0.4 is 5.32 Å². The van der Waals surface area contributed by atoms with E-state index in [9.17, 15) is 0 Å². The largest absolute Gasteiger partial charge is 0.316 e. The van der Waals surface area contributed by atoms with Crippen molar-refractivity contribution < 1.29 is 0 Å². The van der Waals surface area contributed by atoms with Gasteiger partial charge in [0.15, 0.2) is 0 Å². The zero-order valence-corrected chi connectivity index (χ0v) is 11.8. The molecule has 0 radical (unpaired) electrons. The zero-order valence-electron chi connectivity index (χ0n) is 11.8. The lowest BCUT2D eigenvalue weighted by atomic mass is 9.95. The van der Waals surface area contributed by atoms with Gasteiger partial charge in [0.1, 0.15) is 0 Å². The van der Waals surface area contributed by atoms with Crippen LogP contribution >= 0.6 is 0 Å². The Hall–Kier alpha value is -0.120. The van der Waals surface area contributed by atoms with E-state index >= 15 is 0 Å². The third-order valence-electron chi connectivity index (χ3n) is 3.84. The fourth-order valence-electron chi connectivity index (χ4n) is 3.04. The van der Waals surface area contributed by atoms with E-state index in [0.29, 0.717) is 5.41 Å². The third kappa shape index (κ3) is 4.57. The SMILES string of the molecule is CC(C)(C)CN1CCN(CC2CCNC2)CC1. The third-order valence-corrected chi connectivity index (χ3v) is 3.84. The van der Waals surface area contributed by atoms with Crippen molar-refractivity contribution in [2.75, 3.05) is 52.4 Å². The molecule has 0 aromatic rings. The minimum absolute atomic E-state index is 0.442. The van der Waals surface area contributed by atoms with Crippen molar-refractivity contribution >= 4 is 0 Å². The minimum Gasteiger partial charge on any atom is -0.316 e. The normalized spacial score (nSPS) is 28.8. The molecule has 1 N–H and O–H groups in total. The Labute approximate surface area is 107 Å². The fraction of sp³-hybridized carbons (Fsp3) is 1.00. The minimum atomic E-state index is 0.442. The van der Waals surface area contributed by atoms with Crippen LogP contribution in [0.3, 0.4) is 0 Å². The summed E-state index contributed by atoms with van der Waals surface area (Å²) in [7, 11) is 0. The van der Waals surface area contributed by atoms with Crippen molar-refractivity contribution in [2.24, 2.45) is 11.3 Å². The van der Waals surface area contributed by atoms with Crippen LogP contribution in [-0.2, 0) is 0 Å². The highest BCUT2D eigenvalue weighted by Crippen LogP contribution is 2.17. The smallest absolute Gasteiger partial charge is 0.0110 e. The lowest BCUT2D eigenvalue weighted by Gasteiger charge is -2.38. The molecule has 2 aliphatic rings. The van der Waals surface area contributed by atoms with Crippen LogP contribution in [0, 0.1) is 11.3 Å². The summed E-state index contributed by atoms with van der Waals surface area (Å²) in [6, 6.07) is 0. The molecule has 2 saturated heterocycles. The summed E-state index contributed by atoms with van der Waals surface area (Å²) < 4.78 is 0. The van der Waals surface area contributed by atoms with Crippen molar-refractivity contribution in [1.29, 1.82) is 0 Å². The number of hydrogen-bond donors (Lipinski definition) is 1. The molecule has 3 heteroatoms. The average Bonchev–Trinajstić information content (AvgIpc) is 2.71. The predicted octanol–water partition coefficient (Wildman–Crippen LogP) is 1.26. The van der Waals surface area contributed by atoms with E-state index in [1.807, 2.05) is 0 Å². The van der Waals surface area contributed by atoms with Gasteiger partial charge in [-0.25, -0.2) is 0 Å². The van der Waals surface area contributed by atoms with Crippen LogP contribution in [0.1, 0.15) is 27.2 Å². The van der Waals surface area contributed by atoms with Crippen molar-refractivity contribution in [1.82, 2.24) is 15.1 Å². The maximum absolute atomic E-state index is 3.46. The second-order valence-electron chi connectivity index (χ2n) is 7.00. The first kappa shape index (κ1) is 13.3. The van der Waals surface area contributed by atoms with Gasteiger partial charge in [-0.15, -0.1) is 0 Å². The Morgan fingerprint density at radius 3 is 2.24 bits per heavy atom. The Bertz CT molecular complexity index is 220. The van der Waals surface area contributed by atoms with Crippen molar-refractivity contribution in [3.8, 4) is 0 Å². The van der Waals surface area contributed by atoms with Gasteiger partial charge < -0.3 is 15.1 Å². The molecule has 2 heterocycles. The highest BCUT2D eigenvalue weighted by atomic mass is 15.3. The van der Waals surface area contributed by atoms with E-state index in [4.69, 9.17) is 0 Å². The average molecular weight is 239 g/mol. The molecule has 0 spiro atoms. The summed E-state index contributed by atoms with van der Waals surface area (Å²) >= 11 is 0. The van der Waals surface area contributed by atoms with Crippen LogP contribution in [0.2, 0.25) is 0 Å². The standard InChI is InChI=1S/C14H29N3/c1-14(2,3)12-17-8-6-16(7-9-17)11-13-4-5-15-10-13/h13,15H,4-12H2,1-3H3. The van der Waals surface area contributed by atoms with Gasteiger partial charge in [0, 0.05) is 39.3 Å². The lowest BCUT2D eigenvalue weighted by molar-refractivity contribution is 0.0939. The van der Waals surface area contributed by atoms with E-state index in [1.165, 1.54) is 58.8 Å². The van der Waals surface area contributed by atoms with E-state index in [-0.39, 0.29) is 0 Å². The molecule has 3 nitrogen and oxygen atoms in total. The van der Waals surface area contributed by atoms with E-state index in [2.05, 4.69) is 35.9 Å². The van der Waals surface area contributed by atoms with Gasteiger partial charge in [-0.05, 0) is 30.8 Å². The number of nitrogens with one attached hydrogen (secondary N) is 1. The molecule has 0 saturated carbocycles. The zero-order chi connectivity index (χ0) is 12.3. The molecular formula is C14H29N3. The topological polar surface area (TPSA) is 18.5 Å². The van der Waals surface area contributed by atoms with Gasteiger partial charge in [-0.3, -0.25) is 0 Å². The maximum atomic E-state index is 3.46. The summed E-state index contributed by atoms with van der Waals surface area (Å²) in [5.41, 5.74) is 0.442. The van der Waals surface area contributed by atoms with Gasteiger partial charge in [0.2, 0.25) is 0 Å². The molecule has 2 fully saturated rings. The summed E-state index contributed by atoms with van der Waals surface area (Å²) in [6.45, 7) is 17.1. The molecule has 0 aliphatic carbocycles. The molecule has 17 heavy (non-hydrogen) atoms. The molecule has 100 valence electrons. The number of hydrogen-bond acceptors (Lipinski definition) is 3. The molecule has 2 aliphatic heterocycles. The second-order valence-corrected chi connectivity index (χ2v) is 7.00. The van der Waals surface area contributed by atoms with Gasteiger partial charge in [-0.1, -0.05) is 20.8 Å². The highest BCUT2D eigenvalue weighted by Gasteiger charge is 2.24. The highest BCUT2D eigenvalue weighted by molar-refractivity contribution is 4.80. The molecule has 0 bridgehead atoms. The fourth-order valence-corrected chi connectivity index (χ4v) is 3.04. The van der Waals surface area contributed by atoms with Crippen LogP contribution in [0.25, 0.3) is 0 Å². The quantitative estimate of drug-likeness (QED) is 0.800. The van der Waals surface area contributed by atoms with Gasteiger partial charge in [0.25, 0.3) is 0 Å². The maximum Gasteiger partial charge on any atom is 0.0110 e. The molecule has 1 unspecified atom stereocenters. The number of rotatable bonds is 3. The van der Waals surface area contributed by atoms with E-state index in [1.54, 1.807) is 0 Å². The monoisotopic (exact) mass is 239 g/mol. The van der Waals surface area contributed by atoms with Crippen LogP contribution in [-0.4, -0.2) is 62.2 Å². The first-order valence-electron chi connectivity index (χ1n) is 7.18. The first-order chi connectivity index (χ1) is 8.03. The van der Waals surface area contributed by atoms with Crippen molar-refractivity contribution in [3.05, 3.63) is 0 Å². The Morgan fingerprint density at radius 1 is 1.06 bits per heavy atom. The Balaban J connectivity index is 1.67. The van der Waals surface area contributed by atoms with Crippen molar-refractivity contribution in [2.45, 2.75) is 27.2 Å². The van der Waals surface area contributed by atoms with E-state index in [0.717, 1.165) is 5.92 Å². The van der Waals surface area contributed by atoms with Crippen LogP contribution in [0.5, 0.6) is 0 Å². The molecule has 0 amide bonds. The molecular weight excluding hydrogens is 210 g/mol.